The van der Waals surface area contributed by atoms with Crippen LogP contribution < -0.4 is 4.74 Å². The molecular formula is C24H26ClNO5. The van der Waals surface area contributed by atoms with Crippen LogP contribution in [0.25, 0.3) is 5.76 Å². The third-order valence-electron chi connectivity index (χ3n) is 4.97. The molecule has 1 aliphatic rings. The number of nitrogens with zero attached hydrogens (tertiary/aromatic N) is 1. The minimum absolute atomic E-state index is 0.0410. The number of ketones is 1. The van der Waals surface area contributed by atoms with Crippen LogP contribution in [0.4, 0.5) is 0 Å². The molecule has 1 amide bonds. The first-order valence-electron chi connectivity index (χ1n) is 10.1. The number of methoxy groups -OCH3 is 1. The van der Waals surface area contributed by atoms with E-state index in [1.54, 1.807) is 48.5 Å². The zero-order valence-corrected chi connectivity index (χ0v) is 18.6. The summed E-state index contributed by atoms with van der Waals surface area (Å²) in [4.78, 5) is 27.0. The lowest BCUT2D eigenvalue weighted by molar-refractivity contribution is -0.140. The number of hydrogen-bond acceptors (Lipinski definition) is 5. The van der Waals surface area contributed by atoms with E-state index in [0.717, 1.165) is 0 Å². The zero-order valence-electron chi connectivity index (χ0n) is 17.8. The molecule has 0 bridgehead atoms. The summed E-state index contributed by atoms with van der Waals surface area (Å²) in [7, 11) is 1.52. The number of carbonyl (C=O) groups excluding carboxylic acids is 2. The van der Waals surface area contributed by atoms with Gasteiger partial charge in [0.1, 0.15) is 11.5 Å². The van der Waals surface area contributed by atoms with Crippen molar-refractivity contribution < 1.29 is 24.2 Å². The summed E-state index contributed by atoms with van der Waals surface area (Å²) < 4.78 is 10.8. The minimum Gasteiger partial charge on any atom is -0.507 e. The SMILES string of the molecule is COCCN1C(=O)C(=O)/C(=C(\O)c2ccc(OCC(C)C)cc2)C1c1ccc(Cl)cc1. The highest BCUT2D eigenvalue weighted by Crippen LogP contribution is 2.39. The lowest BCUT2D eigenvalue weighted by Crippen LogP contribution is -2.32. The average molecular weight is 444 g/mol. The van der Waals surface area contributed by atoms with Crippen LogP contribution in [-0.4, -0.2) is 48.6 Å². The molecule has 1 unspecified atom stereocenters. The molecule has 0 aromatic heterocycles. The molecule has 0 saturated carbocycles. The van der Waals surface area contributed by atoms with Gasteiger partial charge in [-0.2, -0.15) is 0 Å². The van der Waals surface area contributed by atoms with Gasteiger partial charge in [-0.15, -0.1) is 0 Å². The number of carbonyl (C=O) groups is 2. The molecule has 0 spiro atoms. The molecule has 1 heterocycles. The Hall–Kier alpha value is -2.83. The van der Waals surface area contributed by atoms with Crippen LogP contribution in [-0.2, 0) is 14.3 Å². The van der Waals surface area contributed by atoms with Gasteiger partial charge in [0, 0.05) is 24.2 Å². The quantitative estimate of drug-likeness (QED) is 0.370. The van der Waals surface area contributed by atoms with Crippen molar-refractivity contribution in [2.24, 2.45) is 5.92 Å². The molecular weight excluding hydrogens is 418 g/mol. The molecule has 3 rings (SSSR count). The summed E-state index contributed by atoms with van der Waals surface area (Å²) in [6.07, 6.45) is 0. The van der Waals surface area contributed by atoms with E-state index in [2.05, 4.69) is 13.8 Å². The van der Waals surface area contributed by atoms with Crippen molar-refractivity contribution in [3.05, 3.63) is 70.3 Å². The van der Waals surface area contributed by atoms with Gasteiger partial charge in [-0.05, 0) is 47.9 Å². The smallest absolute Gasteiger partial charge is 0.295 e. The molecule has 7 heteroatoms. The fourth-order valence-corrected chi connectivity index (χ4v) is 3.55. The highest BCUT2D eigenvalue weighted by molar-refractivity contribution is 6.46. The molecule has 6 nitrogen and oxygen atoms in total. The fraction of sp³-hybridized carbons (Fsp3) is 0.333. The number of Topliss-reactive ketones (excluding diaryl/α,β-unsaturated/α-hetero) is 1. The molecule has 164 valence electrons. The maximum Gasteiger partial charge on any atom is 0.295 e. The maximum atomic E-state index is 12.9. The molecule has 1 fully saturated rings. The van der Waals surface area contributed by atoms with Gasteiger partial charge in [0.2, 0.25) is 0 Å². The fourth-order valence-electron chi connectivity index (χ4n) is 3.42. The Balaban J connectivity index is 2.02. The van der Waals surface area contributed by atoms with Crippen LogP contribution in [0.2, 0.25) is 5.02 Å². The summed E-state index contributed by atoms with van der Waals surface area (Å²) >= 11 is 6.01. The highest BCUT2D eigenvalue weighted by atomic mass is 35.5. The van der Waals surface area contributed by atoms with Gasteiger partial charge in [0.15, 0.2) is 0 Å². The van der Waals surface area contributed by atoms with E-state index < -0.39 is 17.7 Å². The number of aliphatic hydroxyl groups excluding tert-OH is 1. The largest absolute Gasteiger partial charge is 0.507 e. The molecule has 1 N–H and O–H groups in total. The summed E-state index contributed by atoms with van der Waals surface area (Å²) in [5, 5.41) is 11.6. The number of benzene rings is 2. The van der Waals surface area contributed by atoms with Gasteiger partial charge in [-0.25, -0.2) is 0 Å². The lowest BCUT2D eigenvalue weighted by atomic mass is 9.95. The van der Waals surface area contributed by atoms with Crippen LogP contribution in [0.3, 0.4) is 0 Å². The normalized spacial score (nSPS) is 18.1. The van der Waals surface area contributed by atoms with Crippen molar-refractivity contribution in [1.29, 1.82) is 0 Å². The Morgan fingerprint density at radius 2 is 1.74 bits per heavy atom. The van der Waals surface area contributed by atoms with E-state index in [4.69, 9.17) is 21.1 Å². The third-order valence-corrected chi connectivity index (χ3v) is 5.23. The van der Waals surface area contributed by atoms with Crippen molar-refractivity contribution in [2.75, 3.05) is 26.9 Å². The van der Waals surface area contributed by atoms with Crippen molar-refractivity contribution in [3.8, 4) is 5.75 Å². The second kappa shape index (κ2) is 9.98. The third kappa shape index (κ3) is 5.09. The Morgan fingerprint density at radius 1 is 1.10 bits per heavy atom. The van der Waals surface area contributed by atoms with Gasteiger partial charge >= 0.3 is 0 Å². The standard InChI is InChI=1S/C24H26ClNO5/c1-15(2)14-31-19-10-6-17(7-11-19)22(27)20-21(16-4-8-18(25)9-5-16)26(12-13-30-3)24(29)23(20)28/h4-11,15,21,27H,12-14H2,1-3H3/b22-20-. The van der Waals surface area contributed by atoms with E-state index in [0.29, 0.717) is 34.4 Å². The van der Waals surface area contributed by atoms with E-state index in [1.165, 1.54) is 12.0 Å². The van der Waals surface area contributed by atoms with E-state index in [1.807, 2.05) is 0 Å². The number of ether oxygens (including phenoxy) is 2. The van der Waals surface area contributed by atoms with Crippen LogP contribution in [0.1, 0.15) is 31.0 Å². The molecule has 31 heavy (non-hydrogen) atoms. The van der Waals surface area contributed by atoms with Crippen molar-refractivity contribution in [1.82, 2.24) is 4.90 Å². The minimum atomic E-state index is -0.732. The summed E-state index contributed by atoms with van der Waals surface area (Å²) in [5.74, 6) is -0.576. The predicted molar refractivity (Wildman–Crippen MR) is 119 cm³/mol. The van der Waals surface area contributed by atoms with Crippen LogP contribution in [0.5, 0.6) is 5.75 Å². The number of hydrogen-bond donors (Lipinski definition) is 1. The summed E-state index contributed by atoms with van der Waals surface area (Å²) in [6.45, 7) is 5.16. The van der Waals surface area contributed by atoms with Gasteiger partial charge in [-0.3, -0.25) is 9.59 Å². The molecule has 1 saturated heterocycles. The number of likely N-dealkylation sites (tertiary alicyclic amines) is 1. The number of aliphatic hydroxyl groups is 1. The number of halogens is 1. The molecule has 0 radical (unpaired) electrons. The second-order valence-electron chi connectivity index (χ2n) is 7.77. The van der Waals surface area contributed by atoms with Crippen LogP contribution in [0.15, 0.2) is 54.1 Å². The lowest BCUT2D eigenvalue weighted by Gasteiger charge is -2.25. The van der Waals surface area contributed by atoms with Crippen molar-refractivity contribution in [3.63, 3.8) is 0 Å². The monoisotopic (exact) mass is 443 g/mol. The topological polar surface area (TPSA) is 76.1 Å². The van der Waals surface area contributed by atoms with E-state index in [-0.39, 0.29) is 24.5 Å². The van der Waals surface area contributed by atoms with E-state index >= 15 is 0 Å². The zero-order chi connectivity index (χ0) is 22.5. The molecule has 2 aromatic carbocycles. The summed E-state index contributed by atoms with van der Waals surface area (Å²) in [6, 6.07) is 12.9. The first kappa shape index (κ1) is 22.8. The van der Waals surface area contributed by atoms with Gasteiger partial charge in [-0.1, -0.05) is 37.6 Å². The Kier molecular flexibility index (Phi) is 7.36. The van der Waals surface area contributed by atoms with Crippen molar-refractivity contribution >= 4 is 29.1 Å². The van der Waals surface area contributed by atoms with Gasteiger partial charge in [0.25, 0.3) is 11.7 Å². The summed E-state index contributed by atoms with van der Waals surface area (Å²) in [5.41, 5.74) is 1.15. The first-order chi connectivity index (χ1) is 14.8. The first-order valence-corrected chi connectivity index (χ1v) is 10.5. The van der Waals surface area contributed by atoms with Gasteiger partial charge < -0.3 is 19.5 Å². The van der Waals surface area contributed by atoms with Crippen molar-refractivity contribution in [2.45, 2.75) is 19.9 Å². The van der Waals surface area contributed by atoms with E-state index in [9.17, 15) is 14.7 Å². The Labute approximate surface area is 187 Å². The van der Waals surface area contributed by atoms with Crippen LogP contribution >= 0.6 is 11.6 Å². The average Bonchev–Trinajstić information content (AvgIpc) is 3.01. The number of amides is 1. The molecule has 0 aliphatic carbocycles. The Bertz CT molecular complexity index is 966. The van der Waals surface area contributed by atoms with Gasteiger partial charge in [0.05, 0.1) is 24.8 Å². The highest BCUT2D eigenvalue weighted by Gasteiger charge is 2.45. The molecule has 2 aromatic rings. The molecule has 1 atom stereocenters. The molecule has 1 aliphatic heterocycles. The Morgan fingerprint density at radius 3 is 2.32 bits per heavy atom. The van der Waals surface area contributed by atoms with Crippen LogP contribution in [0, 0.1) is 5.92 Å². The second-order valence-corrected chi connectivity index (χ2v) is 8.20. The maximum absolute atomic E-state index is 12.9. The predicted octanol–water partition coefficient (Wildman–Crippen LogP) is 4.44. The number of rotatable bonds is 8.